The number of phenols is 2. The van der Waals surface area contributed by atoms with E-state index >= 15 is 0 Å². The minimum absolute atomic E-state index is 0.131. The van der Waals surface area contributed by atoms with Crippen LogP contribution in [0, 0.1) is 11.8 Å². The predicted molar refractivity (Wildman–Crippen MR) is 72.8 cm³/mol. The van der Waals surface area contributed by atoms with Gasteiger partial charge in [-0.15, -0.1) is 0 Å². The molecule has 2 aliphatic rings. The summed E-state index contributed by atoms with van der Waals surface area (Å²) >= 11 is 0. The molecule has 0 spiro atoms. The summed E-state index contributed by atoms with van der Waals surface area (Å²) in [6, 6.07) is 2.78. The number of carboxylic acids is 1. The largest absolute Gasteiger partial charge is 0.504 e. The highest BCUT2D eigenvalue weighted by Gasteiger charge is 2.50. The van der Waals surface area contributed by atoms with E-state index in [1.54, 1.807) is 4.90 Å². The van der Waals surface area contributed by atoms with Gasteiger partial charge >= 0.3 is 5.97 Å². The summed E-state index contributed by atoms with van der Waals surface area (Å²) in [5.74, 6) is -2.38. The maximum Gasteiger partial charge on any atom is 0.307 e. The van der Waals surface area contributed by atoms with Crippen LogP contribution in [0.2, 0.25) is 0 Å². The summed E-state index contributed by atoms with van der Waals surface area (Å²) in [6.45, 7) is 2.35. The van der Waals surface area contributed by atoms with E-state index < -0.39 is 17.8 Å². The van der Waals surface area contributed by atoms with Crippen LogP contribution < -0.4 is 0 Å². The Balaban J connectivity index is 1.82. The molecule has 1 aromatic rings. The minimum atomic E-state index is -0.916. The summed E-state index contributed by atoms with van der Waals surface area (Å²) in [5, 5.41) is 28.1. The van der Waals surface area contributed by atoms with Crippen molar-refractivity contribution in [3.8, 4) is 11.5 Å². The summed E-state index contributed by atoms with van der Waals surface area (Å²) in [4.78, 5) is 25.0. The van der Waals surface area contributed by atoms with Gasteiger partial charge in [0.15, 0.2) is 11.5 Å². The van der Waals surface area contributed by atoms with Gasteiger partial charge in [-0.3, -0.25) is 9.59 Å². The molecule has 21 heavy (non-hydrogen) atoms. The smallest absolute Gasteiger partial charge is 0.307 e. The van der Waals surface area contributed by atoms with Crippen LogP contribution in [-0.4, -0.2) is 38.6 Å². The number of benzene rings is 1. The highest BCUT2D eigenvalue weighted by atomic mass is 16.4. The van der Waals surface area contributed by atoms with E-state index in [9.17, 15) is 19.8 Å². The Hall–Kier alpha value is -2.24. The number of carbonyl (C=O) groups is 2. The zero-order valence-electron chi connectivity index (χ0n) is 11.6. The number of phenolic OH excluding ortho intramolecular Hbond substituents is 2. The minimum Gasteiger partial charge on any atom is -0.504 e. The summed E-state index contributed by atoms with van der Waals surface area (Å²) in [5.41, 5.74) is 1.71. The molecule has 1 fully saturated rings. The van der Waals surface area contributed by atoms with Gasteiger partial charge in [0.2, 0.25) is 5.91 Å². The molecule has 1 heterocycles. The highest BCUT2D eigenvalue weighted by molar-refractivity contribution is 5.90. The van der Waals surface area contributed by atoms with Gasteiger partial charge in [0.05, 0.1) is 17.9 Å². The maximum atomic E-state index is 12.4. The number of aliphatic carboxylic acids is 1. The van der Waals surface area contributed by atoms with Gasteiger partial charge < -0.3 is 20.2 Å². The molecule has 6 heteroatoms. The first-order chi connectivity index (χ1) is 9.90. The molecule has 1 saturated carbocycles. The van der Waals surface area contributed by atoms with Crippen molar-refractivity contribution in [1.29, 1.82) is 0 Å². The van der Waals surface area contributed by atoms with Gasteiger partial charge in [-0.1, -0.05) is 0 Å². The van der Waals surface area contributed by atoms with Crippen LogP contribution >= 0.6 is 0 Å². The Bertz CT molecular complexity index is 627. The second kappa shape index (κ2) is 4.65. The van der Waals surface area contributed by atoms with Crippen molar-refractivity contribution in [3.05, 3.63) is 23.3 Å². The van der Waals surface area contributed by atoms with E-state index in [0.29, 0.717) is 19.4 Å². The third-order valence-corrected chi connectivity index (χ3v) is 4.48. The van der Waals surface area contributed by atoms with Crippen molar-refractivity contribution < 1.29 is 24.9 Å². The molecular formula is C15H17NO5. The van der Waals surface area contributed by atoms with Crippen LogP contribution in [-0.2, 0) is 16.0 Å². The van der Waals surface area contributed by atoms with Crippen LogP contribution in [0.5, 0.6) is 11.5 Å². The van der Waals surface area contributed by atoms with Gasteiger partial charge in [-0.25, -0.2) is 0 Å². The van der Waals surface area contributed by atoms with Crippen molar-refractivity contribution in [2.45, 2.75) is 25.8 Å². The van der Waals surface area contributed by atoms with Crippen LogP contribution in [0.1, 0.15) is 30.5 Å². The molecule has 3 unspecified atom stereocenters. The van der Waals surface area contributed by atoms with Crippen molar-refractivity contribution >= 4 is 11.9 Å². The molecule has 1 aliphatic carbocycles. The van der Waals surface area contributed by atoms with E-state index in [1.807, 2.05) is 6.92 Å². The molecule has 1 aliphatic heterocycles. The van der Waals surface area contributed by atoms with E-state index in [0.717, 1.165) is 11.1 Å². The fourth-order valence-corrected chi connectivity index (χ4v) is 3.10. The molecule has 0 saturated heterocycles. The van der Waals surface area contributed by atoms with E-state index in [4.69, 9.17) is 5.11 Å². The number of nitrogens with zero attached hydrogens (tertiary/aromatic N) is 1. The molecule has 3 rings (SSSR count). The second-order valence-electron chi connectivity index (χ2n) is 5.78. The molecule has 6 nitrogen and oxygen atoms in total. The molecule has 3 N–H and O–H groups in total. The monoisotopic (exact) mass is 291 g/mol. The Morgan fingerprint density at radius 3 is 2.48 bits per heavy atom. The topological polar surface area (TPSA) is 98.1 Å². The van der Waals surface area contributed by atoms with Crippen LogP contribution in [0.25, 0.3) is 0 Å². The summed E-state index contributed by atoms with van der Waals surface area (Å²) in [6.07, 6.45) is 0.995. The lowest BCUT2D eigenvalue weighted by molar-refractivity contribution is -0.142. The number of aromatic hydroxyl groups is 2. The Kier molecular flexibility index (Phi) is 3.04. The zero-order chi connectivity index (χ0) is 15.3. The lowest BCUT2D eigenvalue weighted by Gasteiger charge is -2.35. The normalized spacial score (nSPS) is 27.1. The number of fused-ring (bicyclic) bond motifs is 1. The number of hydrogen-bond donors (Lipinski definition) is 3. The van der Waals surface area contributed by atoms with Crippen LogP contribution in [0.15, 0.2) is 12.1 Å². The van der Waals surface area contributed by atoms with Gasteiger partial charge in [-0.05, 0) is 43.0 Å². The van der Waals surface area contributed by atoms with Crippen molar-refractivity contribution in [2.24, 2.45) is 11.8 Å². The van der Waals surface area contributed by atoms with Crippen LogP contribution in [0.4, 0.5) is 0 Å². The molecule has 112 valence electrons. The zero-order valence-corrected chi connectivity index (χ0v) is 11.6. The number of hydrogen-bond acceptors (Lipinski definition) is 4. The standard InChI is InChI=1S/C15H17NO5/c1-7-9-6-13(18)12(17)4-8(9)2-3-16(7)14(19)10-5-11(10)15(20)21/h4,6-7,10-11,17-18H,2-3,5H2,1H3,(H,20,21). The average Bonchev–Trinajstić information content (AvgIpc) is 3.21. The molecule has 0 aromatic heterocycles. The number of carboxylic acid groups (broad SMARTS) is 1. The van der Waals surface area contributed by atoms with Gasteiger partial charge in [0.1, 0.15) is 0 Å². The number of rotatable bonds is 2. The van der Waals surface area contributed by atoms with Gasteiger partial charge in [0.25, 0.3) is 0 Å². The first kappa shape index (κ1) is 13.7. The lowest BCUT2D eigenvalue weighted by Crippen LogP contribution is -2.40. The number of amides is 1. The van der Waals surface area contributed by atoms with Crippen LogP contribution in [0.3, 0.4) is 0 Å². The predicted octanol–water partition coefficient (Wildman–Crippen LogP) is 1.26. The van der Waals surface area contributed by atoms with Gasteiger partial charge in [-0.2, -0.15) is 0 Å². The molecule has 1 amide bonds. The number of carbonyl (C=O) groups excluding carboxylic acids is 1. The van der Waals surface area contributed by atoms with E-state index in [2.05, 4.69) is 0 Å². The van der Waals surface area contributed by atoms with E-state index in [1.165, 1.54) is 12.1 Å². The fourth-order valence-electron chi connectivity index (χ4n) is 3.10. The fraction of sp³-hybridized carbons (Fsp3) is 0.467. The maximum absolute atomic E-state index is 12.4. The third kappa shape index (κ3) is 2.20. The van der Waals surface area contributed by atoms with Crippen molar-refractivity contribution in [2.75, 3.05) is 6.54 Å². The molecule has 0 radical (unpaired) electrons. The summed E-state index contributed by atoms with van der Waals surface area (Å²) < 4.78 is 0. The Labute approximate surface area is 121 Å². The third-order valence-electron chi connectivity index (χ3n) is 4.48. The SMILES string of the molecule is CC1c2cc(O)c(O)cc2CCN1C(=O)C1CC1C(=O)O. The lowest BCUT2D eigenvalue weighted by atomic mass is 9.92. The molecular weight excluding hydrogens is 274 g/mol. The molecule has 3 atom stereocenters. The van der Waals surface area contributed by atoms with Crippen molar-refractivity contribution in [1.82, 2.24) is 4.90 Å². The Morgan fingerprint density at radius 1 is 1.19 bits per heavy atom. The molecule has 0 bridgehead atoms. The second-order valence-corrected chi connectivity index (χ2v) is 5.78. The first-order valence-electron chi connectivity index (χ1n) is 6.98. The van der Waals surface area contributed by atoms with Gasteiger partial charge in [0, 0.05) is 6.54 Å². The first-order valence-corrected chi connectivity index (χ1v) is 6.98. The Morgan fingerprint density at radius 2 is 1.86 bits per heavy atom. The van der Waals surface area contributed by atoms with E-state index in [-0.39, 0.29) is 23.4 Å². The average molecular weight is 291 g/mol. The highest BCUT2D eigenvalue weighted by Crippen LogP contribution is 2.43. The van der Waals surface area contributed by atoms with Crippen molar-refractivity contribution in [3.63, 3.8) is 0 Å². The molecule has 1 aromatic carbocycles. The quantitative estimate of drug-likeness (QED) is 0.713. The summed E-state index contributed by atoms with van der Waals surface area (Å²) in [7, 11) is 0.